The number of primary amides is 1. The largest absolute Gasteiger partial charge is 0.484 e. The van der Waals surface area contributed by atoms with Gasteiger partial charge in [-0.2, -0.15) is 15.8 Å². The van der Waals surface area contributed by atoms with E-state index in [0.29, 0.717) is 17.2 Å². The van der Waals surface area contributed by atoms with Crippen LogP contribution in [0.5, 0.6) is 5.75 Å². The first-order chi connectivity index (χ1) is 13.9. The molecule has 7 heteroatoms. The molecule has 1 fully saturated rings. The maximum absolute atomic E-state index is 10.9. The monoisotopic (exact) mass is 387 g/mol. The third-order valence-corrected chi connectivity index (χ3v) is 5.86. The number of rotatable bonds is 4. The van der Waals surface area contributed by atoms with Gasteiger partial charge in [-0.1, -0.05) is 25.1 Å². The highest BCUT2D eigenvalue weighted by Gasteiger charge is 2.56. The second kappa shape index (κ2) is 7.78. The summed E-state index contributed by atoms with van der Waals surface area (Å²) in [4.78, 5) is 10.9. The standard InChI is InChI=1S/C22H21N5O2/c1-13-2-7-18-16(8-13)20(17(9-23)21(27)22(18,11-24)12-25)14-3-5-15(6-4-14)29-10-19(26)28/h3-7,13,16-17,20,27H,2,8,10H2,1H3,(H2,26,28)/t13-,16-,17-,20+/m0/s1. The Hall–Kier alpha value is -3.63. The van der Waals surface area contributed by atoms with Crippen LogP contribution in [0.25, 0.3) is 0 Å². The average molecular weight is 387 g/mol. The molecule has 1 aromatic carbocycles. The Morgan fingerprint density at radius 3 is 2.48 bits per heavy atom. The van der Waals surface area contributed by atoms with Crippen LogP contribution in [-0.4, -0.2) is 18.2 Å². The highest BCUT2D eigenvalue weighted by Crippen LogP contribution is 2.55. The minimum Gasteiger partial charge on any atom is -0.484 e. The van der Waals surface area contributed by atoms with Crippen molar-refractivity contribution in [1.29, 1.82) is 21.2 Å². The number of fused-ring (bicyclic) bond motifs is 1. The first-order valence-corrected chi connectivity index (χ1v) is 9.40. The van der Waals surface area contributed by atoms with E-state index in [1.165, 1.54) is 0 Å². The fourth-order valence-electron chi connectivity index (χ4n) is 4.49. The lowest BCUT2D eigenvalue weighted by molar-refractivity contribution is -0.119. The van der Waals surface area contributed by atoms with E-state index in [4.69, 9.17) is 15.9 Å². The summed E-state index contributed by atoms with van der Waals surface area (Å²) in [6.07, 6.45) is 3.41. The number of nitriles is 3. The van der Waals surface area contributed by atoms with Crippen LogP contribution in [0.15, 0.2) is 35.9 Å². The smallest absolute Gasteiger partial charge is 0.255 e. The van der Waals surface area contributed by atoms with Gasteiger partial charge in [0.25, 0.3) is 5.91 Å². The molecule has 2 aliphatic carbocycles. The third-order valence-electron chi connectivity index (χ3n) is 5.86. The predicted molar refractivity (Wildman–Crippen MR) is 104 cm³/mol. The molecule has 3 rings (SSSR count). The van der Waals surface area contributed by atoms with Gasteiger partial charge >= 0.3 is 0 Å². The topological polar surface area (TPSA) is 148 Å². The molecule has 3 N–H and O–H groups in total. The van der Waals surface area contributed by atoms with E-state index in [9.17, 15) is 20.6 Å². The molecule has 0 radical (unpaired) electrons. The van der Waals surface area contributed by atoms with Gasteiger partial charge in [-0.15, -0.1) is 0 Å². The lowest BCUT2D eigenvalue weighted by atomic mass is 9.53. The summed E-state index contributed by atoms with van der Waals surface area (Å²) in [6, 6.07) is 13.3. The number of ether oxygens (including phenoxy) is 1. The van der Waals surface area contributed by atoms with Crippen LogP contribution in [0.4, 0.5) is 0 Å². The van der Waals surface area contributed by atoms with Gasteiger partial charge in [-0.3, -0.25) is 4.79 Å². The Balaban J connectivity index is 2.05. The Bertz CT molecular complexity index is 976. The Morgan fingerprint density at radius 2 is 1.93 bits per heavy atom. The zero-order valence-corrected chi connectivity index (χ0v) is 16.1. The molecule has 0 aliphatic heterocycles. The molecule has 0 bridgehead atoms. The Morgan fingerprint density at radius 1 is 1.28 bits per heavy atom. The van der Waals surface area contributed by atoms with Gasteiger partial charge < -0.3 is 15.9 Å². The van der Waals surface area contributed by atoms with Gasteiger partial charge in [0.05, 0.1) is 29.8 Å². The van der Waals surface area contributed by atoms with Gasteiger partial charge in [-0.25, -0.2) is 0 Å². The summed E-state index contributed by atoms with van der Waals surface area (Å²) < 4.78 is 5.30. The van der Waals surface area contributed by atoms with Crippen molar-refractivity contribution in [3.63, 3.8) is 0 Å². The van der Waals surface area contributed by atoms with Crippen LogP contribution in [0.1, 0.15) is 31.2 Å². The SMILES string of the molecule is C[C@H]1CC=C2[C@H](C1)[C@@H](c1ccc(OCC(N)=O)cc1)[C@H](C#N)C(=N)C2(C#N)C#N. The molecule has 1 saturated carbocycles. The quantitative estimate of drug-likeness (QED) is 0.762. The zero-order valence-electron chi connectivity index (χ0n) is 16.1. The molecular weight excluding hydrogens is 366 g/mol. The van der Waals surface area contributed by atoms with Crippen LogP contribution in [-0.2, 0) is 4.79 Å². The number of carbonyl (C=O) groups excluding carboxylic acids is 1. The van der Waals surface area contributed by atoms with Crippen LogP contribution in [0.3, 0.4) is 0 Å². The summed E-state index contributed by atoms with van der Waals surface area (Å²) in [6.45, 7) is 1.88. The number of hydrogen-bond donors (Lipinski definition) is 2. The minimum absolute atomic E-state index is 0.152. The maximum atomic E-state index is 10.9. The second-order valence-corrected chi connectivity index (χ2v) is 7.69. The summed E-state index contributed by atoms with van der Waals surface area (Å²) in [5.74, 6) is -1.13. The normalized spacial score (nSPS) is 27.4. The van der Waals surface area contributed by atoms with Crippen molar-refractivity contribution in [2.24, 2.45) is 28.9 Å². The van der Waals surface area contributed by atoms with Crippen LogP contribution < -0.4 is 10.5 Å². The number of nitrogens with zero attached hydrogens (tertiary/aromatic N) is 3. The van der Waals surface area contributed by atoms with E-state index in [1.807, 2.05) is 18.2 Å². The van der Waals surface area contributed by atoms with Crippen molar-refractivity contribution in [3.8, 4) is 24.0 Å². The van der Waals surface area contributed by atoms with E-state index in [1.54, 1.807) is 24.3 Å². The lowest BCUT2D eigenvalue weighted by Gasteiger charge is -2.46. The van der Waals surface area contributed by atoms with E-state index in [0.717, 1.165) is 18.4 Å². The number of hydrogen-bond acceptors (Lipinski definition) is 6. The highest BCUT2D eigenvalue weighted by molar-refractivity contribution is 6.01. The maximum Gasteiger partial charge on any atom is 0.255 e. The van der Waals surface area contributed by atoms with Crippen molar-refractivity contribution in [1.82, 2.24) is 0 Å². The Labute approximate surface area is 169 Å². The molecule has 0 aromatic heterocycles. The zero-order chi connectivity index (χ0) is 21.2. The number of benzene rings is 1. The minimum atomic E-state index is -1.67. The number of amides is 1. The molecule has 1 amide bonds. The number of nitrogens with one attached hydrogen (secondary N) is 1. The van der Waals surface area contributed by atoms with Crippen molar-refractivity contribution in [2.45, 2.75) is 25.7 Å². The summed E-state index contributed by atoms with van der Waals surface area (Å²) in [5, 5.41) is 38.1. The number of nitrogens with two attached hydrogens (primary N) is 1. The highest BCUT2D eigenvalue weighted by atomic mass is 16.5. The fraction of sp³-hybridized carbons (Fsp3) is 0.409. The molecule has 0 heterocycles. The predicted octanol–water partition coefficient (Wildman–Crippen LogP) is 2.81. The summed E-state index contributed by atoms with van der Waals surface area (Å²) in [7, 11) is 0. The molecule has 0 saturated heterocycles. The van der Waals surface area contributed by atoms with Crippen LogP contribution >= 0.6 is 0 Å². The van der Waals surface area contributed by atoms with Gasteiger partial charge in [-0.05, 0) is 47.9 Å². The Kier molecular flexibility index (Phi) is 5.39. The van der Waals surface area contributed by atoms with Crippen LogP contribution in [0, 0.1) is 62.6 Å². The molecule has 1 aromatic rings. The van der Waals surface area contributed by atoms with Crippen molar-refractivity contribution < 1.29 is 9.53 Å². The van der Waals surface area contributed by atoms with E-state index in [-0.39, 0.29) is 24.2 Å². The van der Waals surface area contributed by atoms with Crippen molar-refractivity contribution in [3.05, 3.63) is 41.5 Å². The van der Waals surface area contributed by atoms with Crippen molar-refractivity contribution in [2.75, 3.05) is 6.61 Å². The molecule has 0 unspecified atom stereocenters. The number of carbonyl (C=O) groups is 1. The first kappa shape index (κ1) is 20.1. The van der Waals surface area contributed by atoms with Gasteiger partial charge in [0, 0.05) is 5.92 Å². The summed E-state index contributed by atoms with van der Waals surface area (Å²) in [5.41, 5.74) is 4.75. The van der Waals surface area contributed by atoms with Crippen molar-refractivity contribution >= 4 is 11.6 Å². The molecular formula is C22H21N5O2. The molecule has 0 spiro atoms. The van der Waals surface area contributed by atoms with Crippen LogP contribution in [0.2, 0.25) is 0 Å². The fourth-order valence-corrected chi connectivity index (χ4v) is 4.49. The van der Waals surface area contributed by atoms with E-state index >= 15 is 0 Å². The first-order valence-electron chi connectivity index (χ1n) is 9.40. The average Bonchev–Trinajstić information content (AvgIpc) is 2.72. The molecule has 146 valence electrons. The lowest BCUT2D eigenvalue weighted by Crippen LogP contribution is -2.48. The van der Waals surface area contributed by atoms with E-state index < -0.39 is 17.2 Å². The van der Waals surface area contributed by atoms with Gasteiger partial charge in [0.15, 0.2) is 6.61 Å². The molecule has 2 aliphatic rings. The van der Waals surface area contributed by atoms with E-state index in [2.05, 4.69) is 13.0 Å². The second-order valence-electron chi connectivity index (χ2n) is 7.69. The molecule has 29 heavy (non-hydrogen) atoms. The van der Waals surface area contributed by atoms with Gasteiger partial charge in [0.1, 0.15) is 5.75 Å². The number of allylic oxidation sites excluding steroid dienone is 2. The molecule has 7 nitrogen and oxygen atoms in total. The molecule has 4 atom stereocenters. The summed E-state index contributed by atoms with van der Waals surface area (Å²) >= 11 is 0. The third kappa shape index (κ3) is 3.35. The van der Waals surface area contributed by atoms with Gasteiger partial charge in [0.2, 0.25) is 5.41 Å².